The quantitative estimate of drug-likeness (QED) is 0.902. The SMILES string of the molecule is CNC1CC(c2c(Cl)nc3ccccn23)C1(C)C. The third kappa shape index (κ3) is 1.50. The molecule has 2 atom stereocenters. The summed E-state index contributed by atoms with van der Waals surface area (Å²) in [7, 11) is 2.03. The first-order valence-corrected chi connectivity index (χ1v) is 6.73. The second-order valence-electron chi connectivity index (χ2n) is 5.67. The van der Waals surface area contributed by atoms with E-state index in [9.17, 15) is 0 Å². The van der Waals surface area contributed by atoms with E-state index in [-0.39, 0.29) is 5.41 Å². The number of aromatic nitrogens is 2. The molecule has 3 rings (SSSR count). The third-order valence-corrected chi connectivity index (χ3v) is 4.75. The number of pyridine rings is 1. The van der Waals surface area contributed by atoms with Gasteiger partial charge in [0.2, 0.25) is 0 Å². The summed E-state index contributed by atoms with van der Waals surface area (Å²) < 4.78 is 2.13. The Morgan fingerprint density at radius 2 is 2.22 bits per heavy atom. The lowest BCUT2D eigenvalue weighted by Crippen LogP contribution is -2.54. The molecule has 2 aromatic heterocycles. The molecule has 0 radical (unpaired) electrons. The standard InChI is InChI=1S/C14H18ClN3/c1-14(2)9(8-10(14)16-3)12-13(15)17-11-6-4-5-7-18(11)12/h4-7,9-10,16H,8H2,1-3H3. The molecule has 4 heteroatoms. The van der Waals surface area contributed by atoms with Gasteiger partial charge in [-0.2, -0.15) is 0 Å². The highest BCUT2D eigenvalue weighted by atomic mass is 35.5. The molecule has 2 unspecified atom stereocenters. The summed E-state index contributed by atoms with van der Waals surface area (Å²) in [6.45, 7) is 4.59. The fourth-order valence-electron chi connectivity index (χ4n) is 3.18. The first kappa shape index (κ1) is 12.0. The minimum absolute atomic E-state index is 0.212. The molecule has 96 valence electrons. The molecule has 0 spiro atoms. The summed E-state index contributed by atoms with van der Waals surface area (Å²) in [6.07, 6.45) is 3.16. The van der Waals surface area contributed by atoms with Gasteiger partial charge >= 0.3 is 0 Å². The fourth-order valence-corrected chi connectivity index (χ4v) is 3.49. The topological polar surface area (TPSA) is 29.3 Å². The monoisotopic (exact) mass is 263 g/mol. The maximum atomic E-state index is 6.34. The molecule has 1 fully saturated rings. The van der Waals surface area contributed by atoms with Crippen molar-refractivity contribution >= 4 is 17.2 Å². The molecule has 0 bridgehead atoms. The number of imidazole rings is 1. The summed E-state index contributed by atoms with van der Waals surface area (Å²) in [5.74, 6) is 0.458. The smallest absolute Gasteiger partial charge is 0.151 e. The van der Waals surface area contributed by atoms with Crippen LogP contribution < -0.4 is 5.32 Å². The van der Waals surface area contributed by atoms with Crippen molar-refractivity contribution in [3.8, 4) is 0 Å². The Hall–Kier alpha value is -1.06. The Kier molecular flexibility index (Phi) is 2.65. The summed E-state index contributed by atoms with van der Waals surface area (Å²) in [5.41, 5.74) is 2.30. The highest BCUT2D eigenvalue weighted by Crippen LogP contribution is 2.53. The van der Waals surface area contributed by atoms with Crippen LogP contribution in [0.25, 0.3) is 5.65 Å². The second kappa shape index (κ2) is 3.97. The van der Waals surface area contributed by atoms with Gasteiger partial charge in [0.1, 0.15) is 5.65 Å². The van der Waals surface area contributed by atoms with Crippen molar-refractivity contribution in [2.75, 3.05) is 7.05 Å². The van der Waals surface area contributed by atoms with Crippen LogP contribution in [-0.4, -0.2) is 22.5 Å². The van der Waals surface area contributed by atoms with E-state index in [4.69, 9.17) is 11.6 Å². The molecule has 2 aromatic rings. The highest BCUT2D eigenvalue weighted by molar-refractivity contribution is 6.30. The van der Waals surface area contributed by atoms with Crippen LogP contribution in [0.4, 0.5) is 0 Å². The van der Waals surface area contributed by atoms with Gasteiger partial charge in [0.15, 0.2) is 5.15 Å². The molecule has 2 heterocycles. The Morgan fingerprint density at radius 3 is 2.89 bits per heavy atom. The second-order valence-corrected chi connectivity index (χ2v) is 6.03. The van der Waals surface area contributed by atoms with E-state index in [1.807, 2.05) is 31.4 Å². The van der Waals surface area contributed by atoms with Crippen molar-refractivity contribution in [2.45, 2.75) is 32.2 Å². The maximum absolute atomic E-state index is 6.34. The van der Waals surface area contributed by atoms with E-state index in [1.54, 1.807) is 0 Å². The predicted molar refractivity (Wildman–Crippen MR) is 74.2 cm³/mol. The summed E-state index contributed by atoms with van der Waals surface area (Å²) in [5, 5.41) is 4.03. The van der Waals surface area contributed by atoms with E-state index in [1.165, 1.54) is 0 Å². The van der Waals surface area contributed by atoms with Gasteiger partial charge in [-0.3, -0.25) is 0 Å². The summed E-state index contributed by atoms with van der Waals surface area (Å²) in [4.78, 5) is 4.44. The Labute approximate surface area is 112 Å². The lowest BCUT2D eigenvalue weighted by Gasteiger charge is -2.52. The van der Waals surface area contributed by atoms with Gasteiger partial charge < -0.3 is 9.72 Å². The Balaban J connectivity index is 2.08. The van der Waals surface area contributed by atoms with E-state index < -0.39 is 0 Å². The molecule has 1 saturated carbocycles. The number of rotatable bonds is 2. The highest BCUT2D eigenvalue weighted by Gasteiger charge is 2.49. The average Bonchev–Trinajstić information content (AvgIpc) is 2.65. The molecular weight excluding hydrogens is 246 g/mol. The van der Waals surface area contributed by atoms with Gasteiger partial charge in [-0.15, -0.1) is 0 Å². The zero-order valence-electron chi connectivity index (χ0n) is 10.9. The molecule has 0 amide bonds. The van der Waals surface area contributed by atoms with Crippen molar-refractivity contribution < 1.29 is 0 Å². The van der Waals surface area contributed by atoms with Crippen LogP contribution in [0.5, 0.6) is 0 Å². The summed E-state index contributed by atoms with van der Waals surface area (Å²) >= 11 is 6.34. The van der Waals surface area contributed by atoms with Gasteiger partial charge in [-0.1, -0.05) is 31.5 Å². The molecule has 3 nitrogen and oxygen atoms in total. The molecule has 1 N–H and O–H groups in total. The number of nitrogens with zero attached hydrogens (tertiary/aromatic N) is 2. The number of hydrogen-bond acceptors (Lipinski definition) is 2. The van der Waals surface area contributed by atoms with Crippen LogP contribution in [0.15, 0.2) is 24.4 Å². The van der Waals surface area contributed by atoms with Crippen molar-refractivity contribution in [3.05, 3.63) is 35.2 Å². The maximum Gasteiger partial charge on any atom is 0.151 e. The number of nitrogens with one attached hydrogen (secondary N) is 1. The van der Waals surface area contributed by atoms with Gasteiger partial charge in [-0.05, 0) is 31.0 Å². The normalized spacial score (nSPS) is 26.2. The Morgan fingerprint density at radius 1 is 1.44 bits per heavy atom. The van der Waals surface area contributed by atoms with Crippen LogP contribution in [-0.2, 0) is 0 Å². The largest absolute Gasteiger partial charge is 0.316 e. The van der Waals surface area contributed by atoms with Gasteiger partial charge in [-0.25, -0.2) is 4.98 Å². The average molecular weight is 264 g/mol. The zero-order valence-corrected chi connectivity index (χ0v) is 11.7. The van der Waals surface area contributed by atoms with Crippen molar-refractivity contribution in [1.82, 2.24) is 14.7 Å². The molecule has 0 aromatic carbocycles. The van der Waals surface area contributed by atoms with E-state index in [0.29, 0.717) is 17.1 Å². The first-order chi connectivity index (χ1) is 8.55. The lowest BCUT2D eigenvalue weighted by atomic mass is 9.57. The van der Waals surface area contributed by atoms with Crippen LogP contribution in [0.3, 0.4) is 0 Å². The predicted octanol–water partition coefficient (Wildman–Crippen LogP) is 3.09. The minimum Gasteiger partial charge on any atom is -0.316 e. The van der Waals surface area contributed by atoms with Crippen molar-refractivity contribution in [2.24, 2.45) is 5.41 Å². The molecule has 0 aliphatic heterocycles. The van der Waals surface area contributed by atoms with E-state index in [2.05, 4.69) is 28.5 Å². The number of hydrogen-bond donors (Lipinski definition) is 1. The molecule has 18 heavy (non-hydrogen) atoms. The molecular formula is C14H18ClN3. The zero-order chi connectivity index (χ0) is 12.9. The van der Waals surface area contributed by atoms with Crippen LogP contribution in [0.2, 0.25) is 5.15 Å². The van der Waals surface area contributed by atoms with Crippen LogP contribution in [0, 0.1) is 5.41 Å². The van der Waals surface area contributed by atoms with Gasteiger partial charge in [0.05, 0.1) is 5.69 Å². The molecule has 1 aliphatic rings. The van der Waals surface area contributed by atoms with Crippen molar-refractivity contribution in [3.63, 3.8) is 0 Å². The minimum atomic E-state index is 0.212. The molecule has 1 aliphatic carbocycles. The van der Waals surface area contributed by atoms with E-state index in [0.717, 1.165) is 17.8 Å². The van der Waals surface area contributed by atoms with Gasteiger partial charge in [0, 0.05) is 18.2 Å². The summed E-state index contributed by atoms with van der Waals surface area (Å²) in [6, 6.07) is 6.56. The van der Waals surface area contributed by atoms with Crippen LogP contribution in [0.1, 0.15) is 31.9 Å². The number of halogens is 1. The van der Waals surface area contributed by atoms with E-state index >= 15 is 0 Å². The molecule has 0 saturated heterocycles. The van der Waals surface area contributed by atoms with Crippen molar-refractivity contribution in [1.29, 1.82) is 0 Å². The number of fused-ring (bicyclic) bond motifs is 1. The van der Waals surface area contributed by atoms with Crippen LogP contribution >= 0.6 is 11.6 Å². The first-order valence-electron chi connectivity index (χ1n) is 6.35. The third-order valence-electron chi connectivity index (χ3n) is 4.47. The van der Waals surface area contributed by atoms with Gasteiger partial charge in [0.25, 0.3) is 0 Å². The fraction of sp³-hybridized carbons (Fsp3) is 0.500. The lowest BCUT2D eigenvalue weighted by molar-refractivity contribution is 0.0720. The Bertz CT molecular complexity index is 588.